The van der Waals surface area contributed by atoms with E-state index in [4.69, 9.17) is 11.6 Å². The van der Waals surface area contributed by atoms with Gasteiger partial charge in [-0.1, -0.05) is 41.9 Å². The number of hydrogen-bond acceptors (Lipinski definition) is 2. The summed E-state index contributed by atoms with van der Waals surface area (Å²) in [5, 5.41) is 4.10. The maximum Gasteiger partial charge on any atom is 0.0511 e. The molecule has 3 heteroatoms. The average Bonchev–Trinajstić information content (AvgIpc) is 2.52. The molecule has 0 amide bonds. The Morgan fingerprint density at radius 2 is 1.76 bits per heavy atom. The zero-order valence-corrected chi connectivity index (χ0v) is 13.9. The molecule has 0 bridgehead atoms. The van der Waals surface area contributed by atoms with E-state index in [0.29, 0.717) is 6.04 Å². The topological polar surface area (TPSA) is 15.3 Å². The molecule has 2 atom stereocenters. The van der Waals surface area contributed by atoms with Crippen LogP contribution >= 0.6 is 11.6 Å². The summed E-state index contributed by atoms with van der Waals surface area (Å²) in [5.74, 6) is 0. The van der Waals surface area contributed by atoms with E-state index in [1.165, 1.54) is 16.8 Å². The maximum absolute atomic E-state index is 6.12. The zero-order chi connectivity index (χ0) is 15.4. The van der Waals surface area contributed by atoms with Crippen LogP contribution < -0.4 is 10.2 Å². The molecule has 0 aliphatic rings. The SMILES string of the molecule is CNC(C)c1ccccc1N(C)C(C)c1cccc(Cl)c1. The van der Waals surface area contributed by atoms with Crippen LogP contribution in [-0.2, 0) is 0 Å². The van der Waals surface area contributed by atoms with Crippen molar-refractivity contribution in [2.45, 2.75) is 25.9 Å². The molecule has 21 heavy (non-hydrogen) atoms. The minimum atomic E-state index is 0.258. The number of nitrogens with one attached hydrogen (secondary N) is 1. The van der Waals surface area contributed by atoms with Gasteiger partial charge in [-0.3, -0.25) is 0 Å². The predicted molar refractivity (Wildman–Crippen MR) is 92.2 cm³/mol. The molecular formula is C18H23ClN2. The van der Waals surface area contributed by atoms with Crippen LogP contribution in [-0.4, -0.2) is 14.1 Å². The number of nitrogens with zero attached hydrogens (tertiary/aromatic N) is 1. The van der Waals surface area contributed by atoms with Crippen molar-refractivity contribution in [3.63, 3.8) is 0 Å². The van der Waals surface area contributed by atoms with Gasteiger partial charge in [0.1, 0.15) is 0 Å². The van der Waals surface area contributed by atoms with E-state index in [-0.39, 0.29) is 6.04 Å². The summed E-state index contributed by atoms with van der Waals surface area (Å²) in [6.07, 6.45) is 0. The molecule has 0 aliphatic heterocycles. The molecule has 0 fully saturated rings. The second-order valence-electron chi connectivity index (χ2n) is 5.41. The fourth-order valence-corrected chi connectivity index (χ4v) is 2.73. The highest BCUT2D eigenvalue weighted by Crippen LogP contribution is 2.31. The van der Waals surface area contributed by atoms with E-state index in [2.05, 4.69) is 61.4 Å². The van der Waals surface area contributed by atoms with Gasteiger partial charge < -0.3 is 10.2 Å². The molecule has 0 aliphatic carbocycles. The third-order valence-corrected chi connectivity index (χ3v) is 4.36. The third-order valence-electron chi connectivity index (χ3n) is 4.13. The molecule has 0 saturated carbocycles. The molecule has 0 radical (unpaired) electrons. The smallest absolute Gasteiger partial charge is 0.0511 e. The number of hydrogen-bond donors (Lipinski definition) is 1. The molecule has 0 aromatic heterocycles. The molecule has 0 saturated heterocycles. The fraction of sp³-hybridized carbons (Fsp3) is 0.333. The Labute approximate surface area is 132 Å². The Kier molecular flexibility index (Phi) is 5.27. The monoisotopic (exact) mass is 302 g/mol. The fourth-order valence-electron chi connectivity index (χ4n) is 2.53. The van der Waals surface area contributed by atoms with Crippen LogP contribution in [0.4, 0.5) is 5.69 Å². The van der Waals surface area contributed by atoms with E-state index < -0.39 is 0 Å². The van der Waals surface area contributed by atoms with Crippen LogP contribution in [0.25, 0.3) is 0 Å². The third kappa shape index (κ3) is 3.58. The highest BCUT2D eigenvalue weighted by Gasteiger charge is 2.17. The van der Waals surface area contributed by atoms with Gasteiger partial charge in [0.2, 0.25) is 0 Å². The van der Waals surface area contributed by atoms with Gasteiger partial charge in [0, 0.05) is 23.8 Å². The van der Waals surface area contributed by atoms with E-state index >= 15 is 0 Å². The van der Waals surface area contributed by atoms with E-state index in [1.54, 1.807) is 0 Å². The van der Waals surface area contributed by atoms with Gasteiger partial charge in [0.15, 0.2) is 0 Å². The second-order valence-corrected chi connectivity index (χ2v) is 5.85. The minimum absolute atomic E-state index is 0.258. The lowest BCUT2D eigenvalue weighted by Crippen LogP contribution is -2.24. The summed E-state index contributed by atoms with van der Waals surface area (Å²) in [6, 6.07) is 17.2. The largest absolute Gasteiger partial charge is 0.368 e. The predicted octanol–water partition coefficient (Wildman–Crippen LogP) is 4.82. The van der Waals surface area contributed by atoms with Crippen molar-refractivity contribution in [2.24, 2.45) is 0 Å². The first-order chi connectivity index (χ1) is 10.0. The van der Waals surface area contributed by atoms with Crippen molar-refractivity contribution in [1.82, 2.24) is 5.32 Å². The van der Waals surface area contributed by atoms with Gasteiger partial charge in [0.05, 0.1) is 6.04 Å². The Morgan fingerprint density at radius 3 is 2.43 bits per heavy atom. The Morgan fingerprint density at radius 1 is 1.05 bits per heavy atom. The van der Waals surface area contributed by atoms with Gasteiger partial charge in [-0.25, -0.2) is 0 Å². The Balaban J connectivity index is 2.33. The highest BCUT2D eigenvalue weighted by atomic mass is 35.5. The molecule has 2 unspecified atom stereocenters. The van der Waals surface area contributed by atoms with Gasteiger partial charge >= 0.3 is 0 Å². The van der Waals surface area contributed by atoms with Gasteiger partial charge in [-0.15, -0.1) is 0 Å². The molecule has 2 aromatic rings. The summed E-state index contributed by atoms with van der Waals surface area (Å²) in [5.41, 5.74) is 3.76. The molecular weight excluding hydrogens is 280 g/mol. The Hall–Kier alpha value is -1.51. The lowest BCUT2D eigenvalue weighted by atomic mass is 10.0. The first-order valence-electron chi connectivity index (χ1n) is 7.29. The molecule has 2 nitrogen and oxygen atoms in total. The molecule has 2 aromatic carbocycles. The number of halogens is 1. The first-order valence-corrected chi connectivity index (χ1v) is 7.67. The zero-order valence-electron chi connectivity index (χ0n) is 13.1. The highest BCUT2D eigenvalue weighted by molar-refractivity contribution is 6.30. The van der Waals surface area contributed by atoms with Crippen molar-refractivity contribution < 1.29 is 0 Å². The Bertz CT molecular complexity index is 597. The summed E-state index contributed by atoms with van der Waals surface area (Å²) >= 11 is 6.12. The van der Waals surface area contributed by atoms with Crippen molar-refractivity contribution in [3.8, 4) is 0 Å². The summed E-state index contributed by atoms with van der Waals surface area (Å²) in [4.78, 5) is 2.30. The van der Waals surface area contributed by atoms with Crippen LogP contribution in [0, 0.1) is 0 Å². The van der Waals surface area contributed by atoms with Crippen LogP contribution in [0.3, 0.4) is 0 Å². The summed E-state index contributed by atoms with van der Waals surface area (Å²) in [7, 11) is 4.12. The van der Waals surface area contributed by atoms with Crippen LogP contribution in [0.5, 0.6) is 0 Å². The van der Waals surface area contributed by atoms with Crippen LogP contribution in [0.15, 0.2) is 48.5 Å². The standard InChI is InChI=1S/C18H23ClN2/c1-13(20-3)17-10-5-6-11-18(17)21(4)14(2)15-8-7-9-16(19)12-15/h5-14,20H,1-4H3. The van der Waals surface area contributed by atoms with Gasteiger partial charge in [-0.2, -0.15) is 0 Å². The first kappa shape index (κ1) is 15.9. The van der Waals surface area contributed by atoms with E-state index in [9.17, 15) is 0 Å². The molecule has 0 heterocycles. The van der Waals surface area contributed by atoms with Crippen molar-refractivity contribution in [1.29, 1.82) is 0 Å². The normalized spacial score (nSPS) is 13.8. The summed E-state index contributed by atoms with van der Waals surface area (Å²) < 4.78 is 0. The van der Waals surface area contributed by atoms with Gasteiger partial charge in [-0.05, 0) is 50.2 Å². The van der Waals surface area contributed by atoms with Crippen molar-refractivity contribution >= 4 is 17.3 Å². The maximum atomic E-state index is 6.12. The number of para-hydroxylation sites is 1. The molecule has 1 N–H and O–H groups in total. The minimum Gasteiger partial charge on any atom is -0.368 e. The molecule has 0 spiro atoms. The molecule has 112 valence electrons. The molecule has 2 rings (SSSR count). The van der Waals surface area contributed by atoms with Crippen molar-refractivity contribution in [3.05, 3.63) is 64.7 Å². The van der Waals surface area contributed by atoms with Crippen LogP contribution in [0.1, 0.15) is 37.1 Å². The summed E-state index contributed by atoms with van der Waals surface area (Å²) in [6.45, 7) is 4.38. The van der Waals surface area contributed by atoms with Crippen molar-refractivity contribution in [2.75, 3.05) is 19.0 Å². The van der Waals surface area contributed by atoms with E-state index in [1.807, 2.05) is 25.2 Å². The number of anilines is 1. The number of rotatable bonds is 5. The lowest BCUT2D eigenvalue weighted by molar-refractivity contribution is 0.643. The lowest BCUT2D eigenvalue weighted by Gasteiger charge is -2.31. The second kappa shape index (κ2) is 6.97. The van der Waals surface area contributed by atoms with E-state index in [0.717, 1.165) is 5.02 Å². The van der Waals surface area contributed by atoms with Crippen LogP contribution in [0.2, 0.25) is 5.02 Å². The van der Waals surface area contributed by atoms with Gasteiger partial charge in [0.25, 0.3) is 0 Å². The average molecular weight is 303 g/mol. The number of benzene rings is 2. The quantitative estimate of drug-likeness (QED) is 0.852.